The standard InChI is InChI=1S/C16H34N2O3/c1-8-14(11-20-7)17-9-13(12(2)3)10-18-15(19)21-16(4,5)6/h12-14,17H,8-11H2,1-7H3,(H,18,19). The first-order chi connectivity index (χ1) is 9.69. The van der Waals surface area contributed by atoms with E-state index in [1.54, 1.807) is 7.11 Å². The molecule has 0 heterocycles. The monoisotopic (exact) mass is 302 g/mol. The number of nitrogens with one attached hydrogen (secondary N) is 2. The SMILES string of the molecule is CCC(COC)NCC(CNC(=O)OC(C)(C)C)C(C)C. The number of methoxy groups -OCH3 is 1. The third-order valence-corrected chi connectivity index (χ3v) is 3.38. The predicted molar refractivity (Wildman–Crippen MR) is 86.5 cm³/mol. The van der Waals surface area contributed by atoms with Gasteiger partial charge in [-0.2, -0.15) is 0 Å². The van der Waals surface area contributed by atoms with Crippen LogP contribution in [-0.4, -0.2) is 44.5 Å². The largest absolute Gasteiger partial charge is 0.444 e. The fourth-order valence-electron chi connectivity index (χ4n) is 1.91. The molecule has 5 nitrogen and oxygen atoms in total. The van der Waals surface area contributed by atoms with Gasteiger partial charge in [0.2, 0.25) is 0 Å². The number of rotatable bonds is 9. The Labute approximate surface area is 130 Å². The van der Waals surface area contributed by atoms with Crippen molar-refractivity contribution in [2.75, 3.05) is 26.8 Å². The lowest BCUT2D eigenvalue weighted by atomic mass is 9.95. The predicted octanol–water partition coefficient (Wildman–Crippen LogP) is 2.80. The van der Waals surface area contributed by atoms with E-state index in [2.05, 4.69) is 31.4 Å². The minimum absolute atomic E-state index is 0.350. The summed E-state index contributed by atoms with van der Waals surface area (Å²) in [7, 11) is 1.72. The van der Waals surface area contributed by atoms with E-state index in [4.69, 9.17) is 9.47 Å². The second kappa shape index (κ2) is 10.0. The van der Waals surface area contributed by atoms with Gasteiger partial charge in [0.25, 0.3) is 0 Å². The molecule has 0 aromatic heterocycles. The molecule has 0 aromatic carbocycles. The van der Waals surface area contributed by atoms with Gasteiger partial charge in [0.1, 0.15) is 5.60 Å². The molecule has 5 heteroatoms. The van der Waals surface area contributed by atoms with Crippen LogP contribution in [0.25, 0.3) is 0 Å². The fraction of sp³-hybridized carbons (Fsp3) is 0.938. The highest BCUT2D eigenvalue weighted by Gasteiger charge is 2.19. The molecule has 0 saturated carbocycles. The van der Waals surface area contributed by atoms with Gasteiger partial charge in [0.05, 0.1) is 6.61 Å². The summed E-state index contributed by atoms with van der Waals surface area (Å²) in [4.78, 5) is 11.7. The third kappa shape index (κ3) is 10.5. The van der Waals surface area contributed by atoms with E-state index in [0.717, 1.165) is 13.0 Å². The zero-order chi connectivity index (χ0) is 16.5. The number of ether oxygens (including phenoxy) is 2. The molecule has 2 atom stereocenters. The molecule has 0 radical (unpaired) electrons. The normalized spacial score (nSPS) is 14.9. The van der Waals surface area contributed by atoms with E-state index in [0.29, 0.717) is 31.0 Å². The van der Waals surface area contributed by atoms with E-state index >= 15 is 0 Å². The van der Waals surface area contributed by atoms with E-state index in [9.17, 15) is 4.79 Å². The Morgan fingerprint density at radius 1 is 1.19 bits per heavy atom. The number of alkyl carbamates (subject to hydrolysis) is 1. The molecule has 0 spiro atoms. The molecular weight excluding hydrogens is 268 g/mol. The van der Waals surface area contributed by atoms with E-state index in [1.165, 1.54) is 0 Å². The molecule has 0 aliphatic rings. The van der Waals surface area contributed by atoms with Crippen molar-refractivity contribution in [2.45, 2.75) is 59.6 Å². The summed E-state index contributed by atoms with van der Waals surface area (Å²) in [5, 5.41) is 6.37. The number of hydrogen-bond acceptors (Lipinski definition) is 4. The molecule has 0 saturated heterocycles. The maximum absolute atomic E-state index is 11.7. The van der Waals surface area contributed by atoms with E-state index in [-0.39, 0.29) is 6.09 Å². The topological polar surface area (TPSA) is 59.6 Å². The lowest BCUT2D eigenvalue weighted by Crippen LogP contribution is -2.42. The van der Waals surface area contributed by atoms with Crippen LogP contribution in [0.4, 0.5) is 4.79 Å². The third-order valence-electron chi connectivity index (χ3n) is 3.38. The second-order valence-electron chi connectivity index (χ2n) is 6.86. The molecule has 0 bridgehead atoms. The van der Waals surface area contributed by atoms with Crippen LogP contribution in [-0.2, 0) is 9.47 Å². The van der Waals surface area contributed by atoms with Gasteiger partial charge in [-0.15, -0.1) is 0 Å². The van der Waals surface area contributed by atoms with Crippen LogP contribution in [0.15, 0.2) is 0 Å². The first-order valence-corrected chi connectivity index (χ1v) is 7.88. The molecule has 0 aliphatic heterocycles. The first-order valence-electron chi connectivity index (χ1n) is 7.88. The zero-order valence-corrected chi connectivity index (χ0v) is 14.8. The van der Waals surface area contributed by atoms with Crippen molar-refractivity contribution in [1.82, 2.24) is 10.6 Å². The summed E-state index contributed by atoms with van der Waals surface area (Å²) in [6.07, 6.45) is 0.676. The highest BCUT2D eigenvalue weighted by molar-refractivity contribution is 5.67. The van der Waals surface area contributed by atoms with Crippen LogP contribution in [0.1, 0.15) is 48.0 Å². The van der Waals surface area contributed by atoms with Crippen LogP contribution in [0.3, 0.4) is 0 Å². The minimum atomic E-state index is -0.457. The fourth-order valence-corrected chi connectivity index (χ4v) is 1.91. The summed E-state index contributed by atoms with van der Waals surface area (Å²) >= 11 is 0. The van der Waals surface area contributed by atoms with Gasteiger partial charge in [0.15, 0.2) is 0 Å². The Hall–Kier alpha value is -0.810. The number of amides is 1. The number of hydrogen-bond donors (Lipinski definition) is 2. The average Bonchev–Trinajstić information content (AvgIpc) is 2.34. The van der Waals surface area contributed by atoms with Crippen molar-refractivity contribution in [2.24, 2.45) is 11.8 Å². The lowest BCUT2D eigenvalue weighted by Gasteiger charge is -2.26. The van der Waals surface area contributed by atoms with E-state index < -0.39 is 5.60 Å². The van der Waals surface area contributed by atoms with Crippen molar-refractivity contribution >= 4 is 6.09 Å². The first kappa shape index (κ1) is 20.2. The summed E-state index contributed by atoms with van der Waals surface area (Å²) in [6, 6.07) is 0.359. The molecule has 21 heavy (non-hydrogen) atoms. The number of carbonyl (C=O) groups excluding carboxylic acids is 1. The molecule has 126 valence electrons. The van der Waals surface area contributed by atoms with E-state index in [1.807, 2.05) is 20.8 Å². The Balaban J connectivity index is 4.22. The summed E-state index contributed by atoms with van der Waals surface area (Å²) in [5.74, 6) is 0.843. The zero-order valence-electron chi connectivity index (χ0n) is 14.8. The highest BCUT2D eigenvalue weighted by atomic mass is 16.6. The maximum atomic E-state index is 11.7. The quantitative estimate of drug-likeness (QED) is 0.687. The van der Waals surface area contributed by atoms with Gasteiger partial charge in [-0.25, -0.2) is 4.79 Å². The molecule has 0 aliphatic carbocycles. The lowest BCUT2D eigenvalue weighted by molar-refractivity contribution is 0.0514. The Morgan fingerprint density at radius 2 is 1.81 bits per heavy atom. The van der Waals surface area contributed by atoms with Crippen molar-refractivity contribution < 1.29 is 14.3 Å². The van der Waals surface area contributed by atoms with Crippen molar-refractivity contribution in [3.05, 3.63) is 0 Å². The smallest absolute Gasteiger partial charge is 0.407 e. The molecule has 0 rings (SSSR count). The molecule has 2 unspecified atom stereocenters. The summed E-state index contributed by atoms with van der Waals surface area (Å²) in [6.45, 7) is 14.2. The summed E-state index contributed by atoms with van der Waals surface area (Å²) in [5.41, 5.74) is -0.457. The van der Waals surface area contributed by atoms with Gasteiger partial charge >= 0.3 is 6.09 Å². The van der Waals surface area contributed by atoms with Crippen LogP contribution in [0.5, 0.6) is 0 Å². The highest BCUT2D eigenvalue weighted by Crippen LogP contribution is 2.11. The van der Waals surface area contributed by atoms with Crippen LogP contribution in [0.2, 0.25) is 0 Å². The molecule has 0 aromatic rings. The Morgan fingerprint density at radius 3 is 2.24 bits per heavy atom. The van der Waals surface area contributed by atoms with Gasteiger partial charge in [0, 0.05) is 26.2 Å². The van der Waals surface area contributed by atoms with Gasteiger partial charge < -0.3 is 20.1 Å². The summed E-state index contributed by atoms with van der Waals surface area (Å²) < 4.78 is 10.5. The maximum Gasteiger partial charge on any atom is 0.407 e. The van der Waals surface area contributed by atoms with Crippen molar-refractivity contribution in [3.63, 3.8) is 0 Å². The van der Waals surface area contributed by atoms with Gasteiger partial charge in [-0.1, -0.05) is 20.8 Å². The van der Waals surface area contributed by atoms with Crippen LogP contribution in [0, 0.1) is 11.8 Å². The molecule has 2 N–H and O–H groups in total. The van der Waals surface area contributed by atoms with Gasteiger partial charge in [-0.05, 0) is 39.0 Å². The number of carbonyl (C=O) groups is 1. The minimum Gasteiger partial charge on any atom is -0.444 e. The van der Waals surface area contributed by atoms with Crippen molar-refractivity contribution in [1.29, 1.82) is 0 Å². The second-order valence-corrected chi connectivity index (χ2v) is 6.86. The molecule has 1 amide bonds. The Kier molecular flexibility index (Phi) is 9.62. The van der Waals surface area contributed by atoms with Crippen molar-refractivity contribution in [3.8, 4) is 0 Å². The molecular formula is C16H34N2O3. The average molecular weight is 302 g/mol. The molecule has 0 fully saturated rings. The van der Waals surface area contributed by atoms with Crippen LogP contribution >= 0.6 is 0 Å². The van der Waals surface area contributed by atoms with Crippen LogP contribution < -0.4 is 10.6 Å². The Bertz CT molecular complexity index is 288. The van der Waals surface area contributed by atoms with Gasteiger partial charge in [-0.3, -0.25) is 0 Å².